The Kier molecular flexibility index (Phi) is 3.18. The van der Waals surface area contributed by atoms with E-state index in [1.165, 1.54) is 0 Å². The van der Waals surface area contributed by atoms with E-state index in [4.69, 9.17) is 10.5 Å². The number of morpholine rings is 1. The number of nitrogens with two attached hydrogens (primary N) is 1. The van der Waals surface area contributed by atoms with Gasteiger partial charge in [0.1, 0.15) is 0 Å². The largest absolute Gasteiger partial charge is 0.395 e. The predicted octanol–water partition coefficient (Wildman–Crippen LogP) is 1.12. The summed E-state index contributed by atoms with van der Waals surface area (Å²) in [7, 11) is 0. The number of anilines is 1. The molecule has 0 spiro atoms. The van der Waals surface area contributed by atoms with Crippen molar-refractivity contribution in [3.8, 4) is 0 Å². The number of carbonyl (C=O) groups is 1. The molecule has 1 aromatic heterocycles. The Bertz CT molecular complexity index is 481. The van der Waals surface area contributed by atoms with Gasteiger partial charge in [-0.3, -0.25) is 9.89 Å². The van der Waals surface area contributed by atoms with Crippen LogP contribution < -0.4 is 5.73 Å². The summed E-state index contributed by atoms with van der Waals surface area (Å²) in [5.74, 6) is 0.400. The number of aromatic nitrogens is 2. The normalized spacial score (nSPS) is 23.6. The lowest BCUT2D eigenvalue weighted by Crippen LogP contribution is -2.48. The fourth-order valence-corrected chi connectivity index (χ4v) is 2.61. The Labute approximate surface area is 112 Å². The van der Waals surface area contributed by atoms with Crippen LogP contribution >= 0.6 is 0 Å². The number of hydrogen-bond donors (Lipinski definition) is 2. The summed E-state index contributed by atoms with van der Waals surface area (Å²) in [6.45, 7) is 3.86. The number of hydrogen-bond acceptors (Lipinski definition) is 4. The molecule has 1 aliphatic heterocycles. The smallest absolute Gasteiger partial charge is 0.276 e. The highest BCUT2D eigenvalue weighted by Crippen LogP contribution is 2.42. The minimum atomic E-state index is -0.0733. The quantitative estimate of drug-likeness (QED) is 0.856. The summed E-state index contributed by atoms with van der Waals surface area (Å²) >= 11 is 0. The zero-order valence-electron chi connectivity index (χ0n) is 11.2. The molecule has 104 valence electrons. The van der Waals surface area contributed by atoms with Gasteiger partial charge in [-0.15, -0.1) is 0 Å². The van der Waals surface area contributed by atoms with E-state index in [2.05, 4.69) is 17.1 Å². The zero-order valence-corrected chi connectivity index (χ0v) is 11.2. The molecule has 1 amide bonds. The number of nitrogens with one attached hydrogen (secondary N) is 1. The fraction of sp³-hybridized carbons (Fsp3) is 0.692. The Morgan fingerprint density at radius 2 is 2.37 bits per heavy atom. The topological polar surface area (TPSA) is 84.2 Å². The van der Waals surface area contributed by atoms with Gasteiger partial charge < -0.3 is 15.4 Å². The minimum absolute atomic E-state index is 0.0733. The Morgan fingerprint density at radius 1 is 1.58 bits per heavy atom. The van der Waals surface area contributed by atoms with Crippen molar-refractivity contribution in [2.24, 2.45) is 0 Å². The van der Waals surface area contributed by atoms with Crippen LogP contribution in [-0.4, -0.2) is 46.8 Å². The molecule has 2 heterocycles. The number of ether oxygens (including phenoxy) is 1. The van der Waals surface area contributed by atoms with Crippen molar-refractivity contribution in [3.05, 3.63) is 11.4 Å². The molecule has 1 unspecified atom stereocenters. The van der Waals surface area contributed by atoms with Crippen LogP contribution in [0.15, 0.2) is 0 Å². The number of H-pyrrole nitrogens is 1. The van der Waals surface area contributed by atoms with Gasteiger partial charge in [-0.2, -0.15) is 5.10 Å². The third kappa shape index (κ3) is 2.20. The van der Waals surface area contributed by atoms with Gasteiger partial charge >= 0.3 is 0 Å². The van der Waals surface area contributed by atoms with Gasteiger partial charge in [0.15, 0.2) is 5.69 Å². The summed E-state index contributed by atoms with van der Waals surface area (Å²) < 4.78 is 5.42. The van der Waals surface area contributed by atoms with Gasteiger partial charge in [-0.1, -0.05) is 6.92 Å². The summed E-state index contributed by atoms with van der Waals surface area (Å²) in [5, 5.41) is 7.07. The second-order valence-corrected chi connectivity index (χ2v) is 5.31. The number of rotatable bonds is 3. The van der Waals surface area contributed by atoms with Crippen LogP contribution in [0, 0.1) is 0 Å². The van der Waals surface area contributed by atoms with Crippen molar-refractivity contribution in [1.82, 2.24) is 15.1 Å². The van der Waals surface area contributed by atoms with Crippen LogP contribution in [0.25, 0.3) is 0 Å². The van der Waals surface area contributed by atoms with Gasteiger partial charge in [-0.05, 0) is 19.3 Å². The Hall–Kier alpha value is -1.56. The maximum absolute atomic E-state index is 12.6. The fourth-order valence-electron chi connectivity index (χ4n) is 2.61. The lowest BCUT2D eigenvalue weighted by molar-refractivity contribution is -0.00305. The molecule has 1 atom stereocenters. The van der Waals surface area contributed by atoms with Crippen LogP contribution in [-0.2, 0) is 4.74 Å². The van der Waals surface area contributed by atoms with E-state index in [0.717, 1.165) is 25.0 Å². The number of nitrogen functional groups attached to an aromatic ring is 1. The molecule has 1 aromatic rings. The molecule has 1 saturated carbocycles. The highest BCUT2D eigenvalue weighted by Gasteiger charge is 2.33. The van der Waals surface area contributed by atoms with Gasteiger partial charge in [0, 0.05) is 12.5 Å². The minimum Gasteiger partial charge on any atom is -0.395 e. The van der Waals surface area contributed by atoms with Crippen molar-refractivity contribution < 1.29 is 9.53 Å². The molecule has 3 N–H and O–H groups in total. The van der Waals surface area contributed by atoms with E-state index in [-0.39, 0.29) is 11.9 Å². The Morgan fingerprint density at radius 3 is 3.05 bits per heavy atom. The van der Waals surface area contributed by atoms with Gasteiger partial charge in [0.25, 0.3) is 5.91 Å². The van der Waals surface area contributed by atoms with Gasteiger partial charge in [-0.25, -0.2) is 0 Å². The molecule has 0 bridgehead atoms. The molecule has 0 aromatic carbocycles. The van der Waals surface area contributed by atoms with Gasteiger partial charge in [0.2, 0.25) is 0 Å². The van der Waals surface area contributed by atoms with Gasteiger partial charge in [0.05, 0.1) is 30.6 Å². The lowest BCUT2D eigenvalue weighted by atomic mass is 10.1. The molecule has 6 heteroatoms. The number of amides is 1. The monoisotopic (exact) mass is 264 g/mol. The highest BCUT2D eigenvalue weighted by atomic mass is 16.5. The molecule has 1 aliphatic carbocycles. The van der Waals surface area contributed by atoms with Crippen molar-refractivity contribution in [2.75, 3.05) is 25.5 Å². The van der Waals surface area contributed by atoms with Crippen molar-refractivity contribution in [3.63, 3.8) is 0 Å². The second kappa shape index (κ2) is 4.85. The van der Waals surface area contributed by atoms with Crippen LogP contribution in [0.1, 0.15) is 48.3 Å². The van der Waals surface area contributed by atoms with E-state index in [9.17, 15) is 4.79 Å². The maximum atomic E-state index is 12.6. The average molecular weight is 264 g/mol. The third-order valence-electron chi connectivity index (χ3n) is 3.98. The van der Waals surface area contributed by atoms with E-state index in [1.54, 1.807) is 0 Å². The van der Waals surface area contributed by atoms with Crippen LogP contribution in [0.5, 0.6) is 0 Å². The standard InChI is InChI=1S/C13H20N4O2/c1-2-9-7-19-6-5-17(9)13(18)12-10(14)11(15-16-12)8-3-4-8/h8-9H,2-7,14H2,1H3,(H,15,16). The van der Waals surface area contributed by atoms with E-state index >= 15 is 0 Å². The molecular weight excluding hydrogens is 244 g/mol. The van der Waals surface area contributed by atoms with Crippen LogP contribution in [0.3, 0.4) is 0 Å². The molecule has 0 radical (unpaired) electrons. The van der Waals surface area contributed by atoms with Crippen molar-refractivity contribution >= 4 is 11.6 Å². The zero-order chi connectivity index (χ0) is 13.4. The van der Waals surface area contributed by atoms with E-state index < -0.39 is 0 Å². The first-order valence-electron chi connectivity index (χ1n) is 6.94. The summed E-state index contributed by atoms with van der Waals surface area (Å²) in [5.41, 5.74) is 7.91. The summed E-state index contributed by atoms with van der Waals surface area (Å²) in [4.78, 5) is 14.4. The molecule has 6 nitrogen and oxygen atoms in total. The molecular formula is C13H20N4O2. The van der Waals surface area contributed by atoms with Crippen LogP contribution in [0.4, 0.5) is 5.69 Å². The molecule has 1 saturated heterocycles. The number of carbonyl (C=O) groups excluding carboxylic acids is 1. The molecule has 2 aliphatic rings. The third-order valence-corrected chi connectivity index (χ3v) is 3.98. The highest BCUT2D eigenvalue weighted by molar-refractivity contribution is 5.98. The number of nitrogens with zero attached hydrogens (tertiary/aromatic N) is 2. The molecule has 19 heavy (non-hydrogen) atoms. The summed E-state index contributed by atoms with van der Waals surface area (Å²) in [6.07, 6.45) is 3.15. The summed E-state index contributed by atoms with van der Waals surface area (Å²) in [6, 6.07) is 0.127. The van der Waals surface area contributed by atoms with E-state index in [0.29, 0.717) is 37.1 Å². The second-order valence-electron chi connectivity index (χ2n) is 5.31. The van der Waals surface area contributed by atoms with Crippen molar-refractivity contribution in [1.29, 1.82) is 0 Å². The lowest BCUT2D eigenvalue weighted by Gasteiger charge is -2.34. The first-order chi connectivity index (χ1) is 9.22. The van der Waals surface area contributed by atoms with Crippen molar-refractivity contribution in [2.45, 2.75) is 38.1 Å². The SMILES string of the molecule is CCC1COCCN1C(=O)c1n[nH]c(C2CC2)c1N. The predicted molar refractivity (Wildman–Crippen MR) is 70.9 cm³/mol. The Balaban J connectivity index is 1.82. The average Bonchev–Trinajstić information content (AvgIpc) is 3.21. The molecule has 2 fully saturated rings. The molecule has 3 rings (SSSR count). The maximum Gasteiger partial charge on any atom is 0.276 e. The first kappa shape index (κ1) is 12.5. The number of aromatic amines is 1. The van der Waals surface area contributed by atoms with Crippen LogP contribution in [0.2, 0.25) is 0 Å². The van der Waals surface area contributed by atoms with E-state index in [1.807, 2.05) is 4.90 Å². The first-order valence-corrected chi connectivity index (χ1v) is 6.94.